The third-order valence-electron chi connectivity index (χ3n) is 5.68. The molecule has 0 aliphatic heterocycles. The Labute approximate surface area is 182 Å². The summed E-state index contributed by atoms with van der Waals surface area (Å²) >= 11 is 8.07. The van der Waals surface area contributed by atoms with Crippen molar-refractivity contribution in [3.63, 3.8) is 0 Å². The number of ketones is 1. The molecular weight excluding hydrogens is 411 g/mol. The van der Waals surface area contributed by atoms with Crippen molar-refractivity contribution < 1.29 is 4.79 Å². The van der Waals surface area contributed by atoms with Crippen LogP contribution in [0.15, 0.2) is 97.1 Å². The van der Waals surface area contributed by atoms with E-state index in [0.29, 0.717) is 11.9 Å². The van der Waals surface area contributed by atoms with Crippen LogP contribution in [0.25, 0.3) is 0 Å². The second kappa shape index (κ2) is 7.83. The normalized spacial score (nSPS) is 12.8. The zero-order valence-corrected chi connectivity index (χ0v) is 18.7. The third-order valence-corrected chi connectivity index (χ3v) is 12.8. The van der Waals surface area contributed by atoms with Gasteiger partial charge in [0.1, 0.15) is 0 Å². The van der Waals surface area contributed by atoms with Crippen molar-refractivity contribution >= 4 is 38.9 Å². The molecule has 5 heteroatoms. The SMILES string of the molecule is CC(=O)c1cc(CP(Cl)(c2ccccc2)(c2ccccc2)c2ccccc2)n(C)n1. The van der Waals surface area contributed by atoms with Gasteiger partial charge in [0.15, 0.2) is 0 Å². The second-order valence-electron chi connectivity index (χ2n) is 7.55. The number of aromatic nitrogens is 2. The van der Waals surface area contributed by atoms with Gasteiger partial charge >= 0.3 is 182 Å². The summed E-state index contributed by atoms with van der Waals surface area (Å²) in [5, 5.41) is 7.71. The number of rotatable bonds is 6. The van der Waals surface area contributed by atoms with Crippen LogP contribution in [0.3, 0.4) is 0 Å². The van der Waals surface area contributed by atoms with E-state index in [1.165, 1.54) is 6.92 Å². The Bertz CT molecular complexity index is 1070. The van der Waals surface area contributed by atoms with Crippen molar-refractivity contribution in [3.8, 4) is 0 Å². The van der Waals surface area contributed by atoms with Gasteiger partial charge in [0, 0.05) is 0 Å². The van der Waals surface area contributed by atoms with Crippen LogP contribution in [0.5, 0.6) is 0 Å². The average molecular weight is 435 g/mol. The molecule has 4 aromatic rings. The van der Waals surface area contributed by atoms with Gasteiger partial charge in [-0.05, 0) is 0 Å². The van der Waals surface area contributed by atoms with E-state index in [2.05, 4.69) is 41.5 Å². The van der Waals surface area contributed by atoms with Crippen molar-refractivity contribution in [3.05, 3.63) is 108 Å². The Morgan fingerprint density at radius 1 is 0.833 bits per heavy atom. The van der Waals surface area contributed by atoms with Crippen molar-refractivity contribution in [1.29, 1.82) is 0 Å². The standard InChI is InChI=1S/C25H24ClN2OP/c1-20(29)25-18-21(28(2)27-25)19-30(26,22-12-6-3-7-13-22,23-14-8-4-9-15-23)24-16-10-5-11-17-24/h3-18H,19H2,1-2H3. The Balaban J connectivity index is 2.08. The minimum absolute atomic E-state index is 0.0501. The number of hydrogen-bond donors (Lipinski definition) is 0. The number of Topliss-reactive ketones (excluding diaryl/α,β-unsaturated/α-hetero) is 1. The van der Waals surface area contributed by atoms with E-state index in [1.807, 2.05) is 67.7 Å². The maximum absolute atomic E-state index is 12.0. The maximum atomic E-state index is 12.0. The topological polar surface area (TPSA) is 34.9 Å². The molecule has 3 aromatic carbocycles. The van der Waals surface area contributed by atoms with Crippen molar-refractivity contribution in [2.24, 2.45) is 7.05 Å². The molecule has 1 aromatic heterocycles. The quantitative estimate of drug-likeness (QED) is 0.322. The summed E-state index contributed by atoms with van der Waals surface area (Å²) in [7, 11) is 1.88. The molecule has 0 saturated carbocycles. The van der Waals surface area contributed by atoms with Gasteiger partial charge in [-0.1, -0.05) is 0 Å². The Morgan fingerprint density at radius 2 is 1.23 bits per heavy atom. The van der Waals surface area contributed by atoms with Crippen molar-refractivity contribution in [1.82, 2.24) is 9.78 Å². The molecule has 4 rings (SSSR count). The van der Waals surface area contributed by atoms with Gasteiger partial charge < -0.3 is 0 Å². The molecule has 30 heavy (non-hydrogen) atoms. The van der Waals surface area contributed by atoms with Crippen LogP contribution in [0, 0.1) is 0 Å². The molecule has 0 aliphatic rings. The zero-order chi connectivity index (χ0) is 21.2. The molecule has 0 fully saturated rings. The minimum atomic E-state index is -3.44. The van der Waals surface area contributed by atoms with E-state index < -0.39 is 5.96 Å². The second-order valence-corrected chi connectivity index (χ2v) is 14.0. The Kier molecular flexibility index (Phi) is 5.36. The molecule has 0 bridgehead atoms. The van der Waals surface area contributed by atoms with Crippen LogP contribution in [0.4, 0.5) is 0 Å². The third kappa shape index (κ3) is 3.29. The molecule has 0 unspecified atom stereocenters. The summed E-state index contributed by atoms with van der Waals surface area (Å²) in [6, 6.07) is 32.8. The van der Waals surface area contributed by atoms with Crippen LogP contribution < -0.4 is 15.9 Å². The number of aryl methyl sites for hydroxylation is 1. The monoisotopic (exact) mass is 434 g/mol. The summed E-state index contributed by atoms with van der Waals surface area (Å²) in [6.45, 7) is 1.54. The summed E-state index contributed by atoms with van der Waals surface area (Å²) in [5.74, 6) is -3.49. The van der Waals surface area contributed by atoms with Gasteiger partial charge in [-0.15, -0.1) is 0 Å². The fourth-order valence-corrected chi connectivity index (χ4v) is 10.2. The van der Waals surface area contributed by atoms with Gasteiger partial charge in [-0.25, -0.2) is 0 Å². The van der Waals surface area contributed by atoms with Crippen LogP contribution in [-0.4, -0.2) is 15.6 Å². The van der Waals surface area contributed by atoms with E-state index in [-0.39, 0.29) is 5.78 Å². The summed E-state index contributed by atoms with van der Waals surface area (Å²) < 4.78 is 1.79. The first-order chi connectivity index (χ1) is 14.4. The number of nitrogens with zero attached hydrogens (tertiary/aromatic N) is 2. The van der Waals surface area contributed by atoms with E-state index in [1.54, 1.807) is 4.68 Å². The van der Waals surface area contributed by atoms with Crippen LogP contribution >= 0.6 is 17.2 Å². The number of benzene rings is 3. The van der Waals surface area contributed by atoms with Gasteiger partial charge in [0.05, 0.1) is 0 Å². The van der Waals surface area contributed by atoms with Gasteiger partial charge in [-0.2, -0.15) is 0 Å². The number of carbonyl (C=O) groups excluding carboxylic acids is 1. The molecule has 152 valence electrons. The number of carbonyl (C=O) groups is 1. The molecule has 0 N–H and O–H groups in total. The molecule has 0 spiro atoms. The fourth-order valence-electron chi connectivity index (χ4n) is 4.07. The van der Waals surface area contributed by atoms with Crippen molar-refractivity contribution in [2.75, 3.05) is 0 Å². The van der Waals surface area contributed by atoms with Crippen LogP contribution in [0.2, 0.25) is 0 Å². The molecular formula is C25H24ClN2OP. The predicted octanol–water partition coefficient (Wildman–Crippen LogP) is 4.81. The van der Waals surface area contributed by atoms with E-state index in [9.17, 15) is 4.79 Å². The summed E-state index contributed by atoms with van der Waals surface area (Å²) in [4.78, 5) is 12.0. The molecule has 0 atom stereocenters. The van der Waals surface area contributed by atoms with Gasteiger partial charge in [0.25, 0.3) is 0 Å². The van der Waals surface area contributed by atoms with E-state index in [0.717, 1.165) is 21.6 Å². The van der Waals surface area contributed by atoms with Crippen LogP contribution in [0.1, 0.15) is 23.1 Å². The molecule has 0 amide bonds. The number of hydrogen-bond acceptors (Lipinski definition) is 2. The average Bonchev–Trinajstić information content (AvgIpc) is 3.16. The fraction of sp³-hybridized carbons (Fsp3) is 0.120. The Morgan fingerprint density at radius 3 is 1.57 bits per heavy atom. The molecule has 0 radical (unpaired) electrons. The first-order valence-electron chi connectivity index (χ1n) is 9.87. The molecule has 3 nitrogen and oxygen atoms in total. The van der Waals surface area contributed by atoms with Crippen LogP contribution in [-0.2, 0) is 13.2 Å². The van der Waals surface area contributed by atoms with E-state index >= 15 is 0 Å². The van der Waals surface area contributed by atoms with Crippen molar-refractivity contribution in [2.45, 2.75) is 13.1 Å². The first-order valence-corrected chi connectivity index (χ1v) is 13.2. The van der Waals surface area contributed by atoms with Gasteiger partial charge in [0.2, 0.25) is 0 Å². The number of halogens is 1. The molecule has 1 heterocycles. The Hall–Kier alpha value is -2.74. The van der Waals surface area contributed by atoms with Gasteiger partial charge in [-0.3, -0.25) is 0 Å². The molecule has 0 aliphatic carbocycles. The first kappa shape index (κ1) is 20.5. The summed E-state index contributed by atoms with van der Waals surface area (Å²) in [5.41, 5.74) is 1.40. The molecule has 0 saturated heterocycles. The van der Waals surface area contributed by atoms with E-state index in [4.69, 9.17) is 11.2 Å². The zero-order valence-electron chi connectivity index (χ0n) is 17.1. The predicted molar refractivity (Wildman–Crippen MR) is 128 cm³/mol. The summed E-state index contributed by atoms with van der Waals surface area (Å²) in [6.07, 6.45) is 0.558.